The van der Waals surface area contributed by atoms with Gasteiger partial charge in [-0.2, -0.15) is 0 Å². The summed E-state index contributed by atoms with van der Waals surface area (Å²) < 4.78 is 5.69. The number of rotatable bonds is 5. The minimum absolute atomic E-state index is 0.247. The van der Waals surface area contributed by atoms with Crippen molar-refractivity contribution < 1.29 is 9.53 Å². The molecule has 23 heavy (non-hydrogen) atoms. The van der Waals surface area contributed by atoms with Crippen molar-refractivity contribution in [3.8, 4) is 11.6 Å². The van der Waals surface area contributed by atoms with Gasteiger partial charge in [0.1, 0.15) is 16.3 Å². The maximum Gasteiger partial charge on any atom is 0.262 e. The van der Waals surface area contributed by atoms with Crippen molar-refractivity contribution in [3.05, 3.63) is 59.2 Å². The fraction of sp³-hybridized carbons (Fsp3) is 0.125. The number of aromatic nitrogens is 3. The molecule has 2 heterocycles. The zero-order valence-corrected chi connectivity index (χ0v) is 13.2. The summed E-state index contributed by atoms with van der Waals surface area (Å²) >= 11 is 1.35. The monoisotopic (exact) mass is 326 g/mol. The van der Waals surface area contributed by atoms with Gasteiger partial charge in [-0.15, -0.1) is 10.2 Å². The molecule has 0 aliphatic heterocycles. The number of aryl methyl sites for hydroxylation is 1. The predicted molar refractivity (Wildman–Crippen MR) is 88.0 cm³/mol. The molecule has 0 aliphatic carbocycles. The summed E-state index contributed by atoms with van der Waals surface area (Å²) in [6, 6.07) is 12.5. The highest BCUT2D eigenvalue weighted by Gasteiger charge is 2.16. The van der Waals surface area contributed by atoms with Crippen molar-refractivity contribution in [2.24, 2.45) is 0 Å². The lowest BCUT2D eigenvalue weighted by molar-refractivity contribution is 0.102. The van der Waals surface area contributed by atoms with Gasteiger partial charge in [-0.05, 0) is 30.7 Å². The third-order valence-corrected chi connectivity index (χ3v) is 3.95. The standard InChI is InChI=1S/C16H14N4O2S/c1-2-13-19-20-16(23-13)18-14(21)12-9-6-10-17-15(12)22-11-7-4-3-5-8-11/h3-10H,2H2,1H3,(H,18,20,21). The summed E-state index contributed by atoms with van der Waals surface area (Å²) in [5, 5.41) is 12.0. The highest BCUT2D eigenvalue weighted by molar-refractivity contribution is 7.15. The molecule has 1 aromatic carbocycles. The third kappa shape index (κ3) is 3.70. The van der Waals surface area contributed by atoms with Gasteiger partial charge in [-0.3, -0.25) is 10.1 Å². The molecule has 3 aromatic rings. The van der Waals surface area contributed by atoms with Crippen LogP contribution in [0.15, 0.2) is 48.7 Å². The third-order valence-electron chi connectivity index (χ3n) is 2.96. The van der Waals surface area contributed by atoms with Crippen LogP contribution in [0.4, 0.5) is 5.13 Å². The number of pyridine rings is 1. The summed E-state index contributed by atoms with van der Waals surface area (Å²) in [6.45, 7) is 1.99. The van der Waals surface area contributed by atoms with E-state index in [4.69, 9.17) is 4.74 Å². The Morgan fingerprint density at radius 3 is 2.74 bits per heavy atom. The molecule has 7 heteroatoms. The van der Waals surface area contributed by atoms with Gasteiger partial charge in [0.15, 0.2) is 0 Å². The van der Waals surface area contributed by atoms with Crippen LogP contribution in [0, 0.1) is 0 Å². The first-order valence-corrected chi connectivity index (χ1v) is 7.89. The van der Waals surface area contributed by atoms with E-state index in [1.54, 1.807) is 30.5 Å². The molecule has 0 saturated heterocycles. The van der Waals surface area contributed by atoms with Crippen molar-refractivity contribution in [3.63, 3.8) is 0 Å². The smallest absolute Gasteiger partial charge is 0.262 e. The van der Waals surface area contributed by atoms with Crippen molar-refractivity contribution in [2.45, 2.75) is 13.3 Å². The molecule has 6 nitrogen and oxygen atoms in total. The molecule has 0 atom stereocenters. The molecule has 0 unspecified atom stereocenters. The molecule has 2 aromatic heterocycles. The van der Waals surface area contributed by atoms with Crippen LogP contribution in [0.2, 0.25) is 0 Å². The molecule has 0 bridgehead atoms. The van der Waals surface area contributed by atoms with Crippen LogP contribution in [-0.4, -0.2) is 21.1 Å². The molecule has 116 valence electrons. The molecule has 0 aliphatic rings. The lowest BCUT2D eigenvalue weighted by atomic mass is 10.2. The number of nitrogens with one attached hydrogen (secondary N) is 1. The van der Waals surface area contributed by atoms with Gasteiger partial charge in [0.25, 0.3) is 5.91 Å². The normalized spacial score (nSPS) is 10.3. The van der Waals surface area contributed by atoms with Crippen molar-refractivity contribution in [2.75, 3.05) is 5.32 Å². The first kappa shape index (κ1) is 15.1. The topological polar surface area (TPSA) is 77.0 Å². The molecule has 1 N–H and O–H groups in total. The largest absolute Gasteiger partial charge is 0.438 e. The number of amides is 1. The number of carbonyl (C=O) groups is 1. The Morgan fingerprint density at radius 1 is 1.17 bits per heavy atom. The van der Waals surface area contributed by atoms with Crippen molar-refractivity contribution in [1.82, 2.24) is 15.2 Å². The average Bonchev–Trinajstić information content (AvgIpc) is 3.04. The van der Waals surface area contributed by atoms with Gasteiger partial charge in [-0.25, -0.2) is 4.98 Å². The summed E-state index contributed by atoms with van der Waals surface area (Å²) in [7, 11) is 0. The number of anilines is 1. The van der Waals surface area contributed by atoms with E-state index in [0.717, 1.165) is 11.4 Å². The first-order valence-electron chi connectivity index (χ1n) is 7.08. The fourth-order valence-electron chi connectivity index (χ4n) is 1.86. The lowest BCUT2D eigenvalue weighted by Crippen LogP contribution is -2.13. The molecule has 3 rings (SSSR count). The predicted octanol–water partition coefficient (Wildman–Crippen LogP) is 3.54. The zero-order chi connectivity index (χ0) is 16.1. The van der Waals surface area contributed by atoms with E-state index >= 15 is 0 Å². The Morgan fingerprint density at radius 2 is 2.00 bits per heavy atom. The summed E-state index contributed by atoms with van der Waals surface area (Å²) in [6.07, 6.45) is 2.36. The molecule has 0 radical (unpaired) electrons. The maximum absolute atomic E-state index is 12.4. The second kappa shape index (κ2) is 6.97. The minimum Gasteiger partial charge on any atom is -0.438 e. The summed E-state index contributed by atoms with van der Waals surface area (Å²) in [4.78, 5) is 16.6. The highest BCUT2D eigenvalue weighted by atomic mass is 32.1. The first-order chi connectivity index (χ1) is 11.3. The average molecular weight is 326 g/mol. The molecule has 0 saturated carbocycles. The van der Waals surface area contributed by atoms with Gasteiger partial charge in [-0.1, -0.05) is 36.5 Å². The lowest BCUT2D eigenvalue weighted by Gasteiger charge is -2.08. The van der Waals surface area contributed by atoms with E-state index in [0.29, 0.717) is 16.4 Å². The number of hydrogen-bond acceptors (Lipinski definition) is 6. The maximum atomic E-state index is 12.4. The Labute approximate surface area is 137 Å². The quantitative estimate of drug-likeness (QED) is 0.776. The number of para-hydroxylation sites is 1. The SMILES string of the molecule is CCc1nnc(NC(=O)c2cccnc2Oc2ccccc2)s1. The van der Waals surface area contributed by atoms with Crippen LogP contribution in [0.3, 0.4) is 0 Å². The van der Waals surface area contributed by atoms with Gasteiger partial charge >= 0.3 is 0 Å². The Kier molecular flexibility index (Phi) is 4.58. The van der Waals surface area contributed by atoms with E-state index < -0.39 is 0 Å². The molecule has 0 fully saturated rings. The Bertz CT molecular complexity index is 805. The Hall–Kier alpha value is -2.80. The minimum atomic E-state index is -0.331. The summed E-state index contributed by atoms with van der Waals surface area (Å²) in [5.41, 5.74) is 0.338. The number of carbonyl (C=O) groups excluding carboxylic acids is 1. The molecule has 0 spiro atoms. The van der Waals surface area contributed by atoms with Crippen LogP contribution in [0.5, 0.6) is 11.6 Å². The highest BCUT2D eigenvalue weighted by Crippen LogP contribution is 2.24. The van der Waals surface area contributed by atoms with Crippen LogP contribution in [0.25, 0.3) is 0 Å². The van der Waals surface area contributed by atoms with E-state index in [2.05, 4.69) is 20.5 Å². The van der Waals surface area contributed by atoms with Gasteiger partial charge in [0.05, 0.1) is 0 Å². The second-order valence-electron chi connectivity index (χ2n) is 4.58. The fourth-order valence-corrected chi connectivity index (χ4v) is 2.53. The Balaban J connectivity index is 1.80. The van der Waals surface area contributed by atoms with Gasteiger partial charge in [0.2, 0.25) is 11.0 Å². The van der Waals surface area contributed by atoms with Crippen LogP contribution in [-0.2, 0) is 6.42 Å². The van der Waals surface area contributed by atoms with E-state index in [1.807, 2.05) is 25.1 Å². The number of ether oxygens (including phenoxy) is 1. The number of nitrogens with zero attached hydrogens (tertiary/aromatic N) is 3. The second-order valence-corrected chi connectivity index (χ2v) is 5.64. The number of hydrogen-bond donors (Lipinski definition) is 1. The van der Waals surface area contributed by atoms with Gasteiger partial charge < -0.3 is 4.74 Å². The van der Waals surface area contributed by atoms with Crippen LogP contribution in [0.1, 0.15) is 22.3 Å². The zero-order valence-electron chi connectivity index (χ0n) is 12.4. The molecular formula is C16H14N4O2S. The van der Waals surface area contributed by atoms with Crippen LogP contribution < -0.4 is 10.1 Å². The molecule has 1 amide bonds. The summed E-state index contributed by atoms with van der Waals surface area (Å²) in [5.74, 6) is 0.531. The van der Waals surface area contributed by atoms with Gasteiger partial charge in [0, 0.05) is 6.20 Å². The van der Waals surface area contributed by atoms with E-state index in [1.165, 1.54) is 11.3 Å². The van der Waals surface area contributed by atoms with Crippen molar-refractivity contribution in [1.29, 1.82) is 0 Å². The van der Waals surface area contributed by atoms with E-state index in [-0.39, 0.29) is 11.8 Å². The number of benzene rings is 1. The molecular weight excluding hydrogens is 312 g/mol. The van der Waals surface area contributed by atoms with E-state index in [9.17, 15) is 4.79 Å². The van der Waals surface area contributed by atoms with Crippen molar-refractivity contribution >= 4 is 22.4 Å². The van der Waals surface area contributed by atoms with Crippen LogP contribution >= 0.6 is 11.3 Å².